The molecule has 0 saturated heterocycles. The molecule has 31 heteroatoms. The van der Waals surface area contributed by atoms with Crippen molar-refractivity contribution in [3.8, 4) is 0 Å². The van der Waals surface area contributed by atoms with Crippen LogP contribution in [0.5, 0.6) is 0 Å². The second-order valence-corrected chi connectivity index (χ2v) is 15.0. The number of phosphoric ester groups is 6. The molecule has 0 bridgehead atoms. The summed E-state index contributed by atoms with van der Waals surface area (Å²) in [6.07, 6.45) is -19.7. The van der Waals surface area contributed by atoms with Crippen molar-refractivity contribution in [3.05, 3.63) is 0 Å². The van der Waals surface area contributed by atoms with Crippen LogP contribution in [0.25, 0.3) is 0 Å². The number of phosphoric acid groups is 6. The van der Waals surface area contributed by atoms with Crippen molar-refractivity contribution in [3.63, 3.8) is 0 Å². The van der Waals surface area contributed by atoms with Gasteiger partial charge in [-0.25, -0.2) is 0 Å². The van der Waals surface area contributed by atoms with Gasteiger partial charge in [0.2, 0.25) is 0 Å². The minimum atomic E-state index is -6.68. The van der Waals surface area contributed by atoms with Gasteiger partial charge in [0.15, 0.2) is 0 Å². The molecular weight excluding hydrogens is 728 g/mol. The van der Waals surface area contributed by atoms with E-state index in [2.05, 4.69) is 31.7 Å². The predicted molar refractivity (Wildman–Crippen MR) is 108 cm³/mol. The van der Waals surface area contributed by atoms with E-state index in [0.717, 1.165) is 0 Å². The molecule has 0 aromatic rings. The largest absolute Gasteiger partial charge is 0.790 e. The minimum absolute atomic E-state index is 0.0620. The highest BCUT2D eigenvalue weighted by atomic mass is 31.2. The van der Waals surface area contributed by atoms with E-state index in [0.29, 0.717) is 12.8 Å². The molecule has 258 valence electrons. The molecule has 1 aliphatic rings. The Hall–Kier alpha value is 0.620. The lowest BCUT2D eigenvalue weighted by molar-refractivity contribution is -0.385. The maximum atomic E-state index is 12.5. The summed E-state index contributed by atoms with van der Waals surface area (Å²) in [6, 6.07) is 0. The first-order valence-electron chi connectivity index (χ1n) is 11.0. The molecule has 1 rings (SSSR count). The number of rotatable bonds is 19. The van der Waals surface area contributed by atoms with E-state index in [1.165, 1.54) is 0 Å². The van der Waals surface area contributed by atoms with E-state index < -0.39 is 90.2 Å². The van der Waals surface area contributed by atoms with Gasteiger partial charge in [0.05, 0.1) is 45.7 Å². The second kappa shape index (κ2) is 16.1. The molecule has 1 aliphatic carbocycles. The molecule has 0 aromatic heterocycles. The summed E-state index contributed by atoms with van der Waals surface area (Å²) in [5.74, 6) is 0. The van der Waals surface area contributed by atoms with Crippen LogP contribution in [0.2, 0.25) is 0 Å². The maximum absolute atomic E-state index is 12.5. The van der Waals surface area contributed by atoms with Crippen LogP contribution >= 0.6 is 46.9 Å². The third-order valence-electron chi connectivity index (χ3n) is 4.80. The Labute approximate surface area is 241 Å². The molecule has 1 fully saturated rings. The molecule has 0 amide bonds. The van der Waals surface area contributed by atoms with Crippen LogP contribution in [0.15, 0.2) is 0 Å². The first-order valence-corrected chi connectivity index (χ1v) is 19.8. The third kappa shape index (κ3) is 17.4. The summed E-state index contributed by atoms with van der Waals surface area (Å²) < 4.78 is 97.4. The SMILES string of the molecule is NCCCCCCOP(=O)([O-])OC1[C@H](OP(=O)([O-])[O-])[C@H](OP(=O)([O-])[O-])C(OP(=O)([O-])[O-])[C@H](OP(=O)([O-])[O-])[C@H]1OP(=O)([O-])[O-]. The zero-order chi connectivity index (χ0) is 33.7. The molecule has 7 atom stereocenters. The number of nitrogens with two attached hydrogens (primary N) is 1. The van der Waals surface area contributed by atoms with Gasteiger partial charge in [0.1, 0.15) is 36.6 Å². The first kappa shape index (κ1) is 41.6. The Morgan fingerprint density at radius 1 is 0.419 bits per heavy atom. The lowest BCUT2D eigenvalue weighted by Gasteiger charge is -2.56. The number of unbranched alkanes of at least 4 members (excludes halogenated alkanes) is 3. The Morgan fingerprint density at radius 3 is 0.930 bits per heavy atom. The van der Waals surface area contributed by atoms with Crippen LogP contribution < -0.4 is 59.6 Å². The molecule has 0 spiro atoms. The standard InChI is InChI=1S/C12H31NO24P6/c13-5-3-1-2-4-6-31-43(29,30)37-12-10(35-41(23,24)25)8(33-39(17,18)19)7(32-38(14,15)16)9(34-40(20,21)22)11(12)36-42(26,27)28/h7-12H,1-6,13H2,(H,29,30)(H2,14,15,16)(H2,17,18,19)(H2,20,21,22)(H2,23,24,25)(H2,26,27,28)/p-11/t7?,8-,9+,10-,11-,12?/m1/s1. The molecule has 3 unspecified atom stereocenters. The van der Waals surface area contributed by atoms with Gasteiger partial charge in [-0.2, -0.15) is 0 Å². The fourth-order valence-corrected chi connectivity index (χ4v) is 7.18. The molecule has 0 aliphatic heterocycles. The van der Waals surface area contributed by atoms with E-state index in [-0.39, 0.29) is 19.4 Å². The highest BCUT2D eigenvalue weighted by molar-refractivity contribution is 7.46. The average molecular weight is 748 g/mol. The first-order chi connectivity index (χ1) is 19.1. The van der Waals surface area contributed by atoms with Gasteiger partial charge in [0, 0.05) is 0 Å². The lowest BCUT2D eigenvalue weighted by Crippen LogP contribution is -2.68. The molecule has 25 nitrogen and oxygen atoms in total. The Bertz CT molecular complexity index is 1120. The molecule has 0 heterocycles. The smallest absolute Gasteiger partial charge is 0.268 e. The van der Waals surface area contributed by atoms with Crippen molar-refractivity contribution in [2.45, 2.75) is 62.3 Å². The quantitative estimate of drug-likeness (QED) is 0.0946. The van der Waals surface area contributed by atoms with Gasteiger partial charge < -0.3 is 114 Å². The van der Waals surface area contributed by atoms with Gasteiger partial charge in [-0.05, 0) is 19.4 Å². The van der Waals surface area contributed by atoms with Crippen LogP contribution in [0, 0.1) is 0 Å². The number of hydrogen-bond acceptors (Lipinski definition) is 25. The van der Waals surface area contributed by atoms with Gasteiger partial charge >= 0.3 is 0 Å². The normalized spacial score (nSPS) is 27.6. The molecule has 1 saturated carbocycles. The maximum Gasteiger partial charge on any atom is 0.268 e. The van der Waals surface area contributed by atoms with Gasteiger partial charge in [-0.1, -0.05) is 12.8 Å². The monoisotopic (exact) mass is 748 g/mol. The van der Waals surface area contributed by atoms with Gasteiger partial charge in [0.25, 0.3) is 7.82 Å². The third-order valence-corrected chi connectivity index (χ3v) is 8.30. The topological polar surface area (TPSA) is 447 Å². The fourth-order valence-electron chi connectivity index (χ4n) is 3.54. The van der Waals surface area contributed by atoms with Crippen molar-refractivity contribution in [2.75, 3.05) is 13.2 Å². The summed E-state index contributed by atoms with van der Waals surface area (Å²) in [5.41, 5.74) is 5.28. The average Bonchev–Trinajstić information content (AvgIpc) is 2.74. The Balaban J connectivity index is 3.86. The summed E-state index contributed by atoms with van der Waals surface area (Å²) in [6.45, 7) is -0.488. The highest BCUT2D eigenvalue weighted by Gasteiger charge is 2.57. The second-order valence-electron chi connectivity index (χ2n) is 8.14. The predicted octanol–water partition coefficient (Wildman–Crippen LogP) is -8.54. The van der Waals surface area contributed by atoms with Crippen LogP contribution in [-0.2, 0) is 59.1 Å². The van der Waals surface area contributed by atoms with E-state index in [9.17, 15) is 81.2 Å². The lowest BCUT2D eigenvalue weighted by atomic mass is 9.85. The van der Waals surface area contributed by atoms with Crippen LogP contribution in [-0.4, -0.2) is 49.8 Å². The molecule has 0 radical (unpaired) electrons. The summed E-state index contributed by atoms with van der Waals surface area (Å²) in [4.78, 5) is 126. The van der Waals surface area contributed by atoms with Crippen molar-refractivity contribution in [2.24, 2.45) is 5.73 Å². The van der Waals surface area contributed by atoms with E-state index in [4.69, 9.17) is 5.73 Å². The summed E-state index contributed by atoms with van der Waals surface area (Å²) in [5, 5.41) is 0. The van der Waals surface area contributed by atoms with Crippen LogP contribution in [0.3, 0.4) is 0 Å². The Kier molecular flexibility index (Phi) is 15.6. The van der Waals surface area contributed by atoms with Crippen molar-refractivity contribution >= 4 is 46.9 Å². The zero-order valence-corrected chi connectivity index (χ0v) is 26.1. The highest BCUT2D eigenvalue weighted by Crippen LogP contribution is 2.53. The summed E-state index contributed by atoms with van der Waals surface area (Å²) in [7, 11) is -39.4. The van der Waals surface area contributed by atoms with Crippen LogP contribution in [0.1, 0.15) is 25.7 Å². The number of hydrogen-bond donors (Lipinski definition) is 1. The Morgan fingerprint density at radius 2 is 0.674 bits per heavy atom. The van der Waals surface area contributed by atoms with Gasteiger partial charge in [-0.3, -0.25) is 4.57 Å². The van der Waals surface area contributed by atoms with Crippen molar-refractivity contribution < 1.29 is 113 Å². The molecule has 43 heavy (non-hydrogen) atoms. The molecule has 2 N–H and O–H groups in total. The van der Waals surface area contributed by atoms with Gasteiger partial charge in [-0.15, -0.1) is 0 Å². The minimum Gasteiger partial charge on any atom is -0.790 e. The fraction of sp³-hybridized carbons (Fsp3) is 1.00. The molecule has 0 aromatic carbocycles. The summed E-state index contributed by atoms with van der Waals surface area (Å²) >= 11 is 0. The van der Waals surface area contributed by atoms with Crippen molar-refractivity contribution in [1.82, 2.24) is 0 Å². The molecular formula is C12H20NO24P6-11. The van der Waals surface area contributed by atoms with E-state index in [1.807, 2.05) is 0 Å². The van der Waals surface area contributed by atoms with Crippen LogP contribution in [0.4, 0.5) is 0 Å². The zero-order valence-electron chi connectivity index (χ0n) is 20.8. The van der Waals surface area contributed by atoms with Crippen molar-refractivity contribution in [1.29, 1.82) is 0 Å². The van der Waals surface area contributed by atoms with E-state index >= 15 is 0 Å². The van der Waals surface area contributed by atoms with E-state index in [1.54, 1.807) is 0 Å².